The maximum atomic E-state index is 6.04. The zero-order chi connectivity index (χ0) is 16.1. The Balaban J connectivity index is 2.07. The lowest BCUT2D eigenvalue weighted by molar-refractivity contribution is 0.462. The van der Waals surface area contributed by atoms with Crippen molar-refractivity contribution >= 4 is 28.9 Å². The maximum Gasteiger partial charge on any atom is 0.194 e. The van der Waals surface area contributed by atoms with E-state index in [2.05, 4.69) is 34.0 Å². The zero-order valence-electron chi connectivity index (χ0n) is 13.4. The van der Waals surface area contributed by atoms with E-state index in [1.54, 1.807) is 11.3 Å². The van der Waals surface area contributed by atoms with Crippen LogP contribution >= 0.6 is 22.9 Å². The highest BCUT2D eigenvalue weighted by Crippen LogP contribution is 2.15. The van der Waals surface area contributed by atoms with Gasteiger partial charge < -0.3 is 14.8 Å². The van der Waals surface area contributed by atoms with Crippen molar-refractivity contribution in [1.29, 1.82) is 0 Å². The molecule has 120 valence electrons. The summed E-state index contributed by atoms with van der Waals surface area (Å²) in [5.74, 6) is 0.868. The third-order valence-electron chi connectivity index (χ3n) is 3.20. The molecule has 0 amide bonds. The monoisotopic (exact) mass is 339 g/mol. The van der Waals surface area contributed by atoms with Gasteiger partial charge >= 0.3 is 0 Å². The van der Waals surface area contributed by atoms with Crippen LogP contribution in [0.4, 0.5) is 0 Å². The Morgan fingerprint density at radius 3 is 2.86 bits per heavy atom. The van der Waals surface area contributed by atoms with Crippen LogP contribution in [-0.2, 0) is 20.1 Å². The predicted octanol–water partition coefficient (Wildman–Crippen LogP) is 3.04. The van der Waals surface area contributed by atoms with Gasteiger partial charge in [-0.3, -0.25) is 0 Å². The number of hydrogen-bond donors (Lipinski definition) is 1. The van der Waals surface area contributed by atoms with Gasteiger partial charge in [-0.1, -0.05) is 11.6 Å². The number of hydrogen-bond acceptors (Lipinski definition) is 3. The highest BCUT2D eigenvalue weighted by atomic mass is 35.5. The largest absolute Gasteiger partial charge is 0.357 e. The summed E-state index contributed by atoms with van der Waals surface area (Å²) in [6, 6.07) is 1.98. The number of thiazole rings is 1. The van der Waals surface area contributed by atoms with Crippen molar-refractivity contribution in [2.24, 2.45) is 12.0 Å². The molecular weight excluding hydrogens is 318 g/mol. The lowest BCUT2D eigenvalue weighted by Gasteiger charge is -2.22. The lowest BCUT2D eigenvalue weighted by atomic mass is 10.4. The number of guanidine groups is 1. The van der Waals surface area contributed by atoms with Crippen molar-refractivity contribution in [2.75, 3.05) is 13.6 Å². The first-order valence-electron chi connectivity index (χ1n) is 7.21. The van der Waals surface area contributed by atoms with Gasteiger partial charge in [0.1, 0.15) is 5.01 Å². The Hall–Kier alpha value is -1.53. The maximum absolute atomic E-state index is 6.04. The molecule has 7 heteroatoms. The number of aryl methyl sites for hydroxylation is 2. The average Bonchev–Trinajstić information content (AvgIpc) is 3.00. The molecule has 0 aliphatic rings. The predicted molar refractivity (Wildman–Crippen MR) is 93.6 cm³/mol. The second-order valence-electron chi connectivity index (χ2n) is 5.15. The van der Waals surface area contributed by atoms with E-state index in [0.717, 1.165) is 34.8 Å². The van der Waals surface area contributed by atoms with E-state index in [-0.39, 0.29) is 0 Å². The number of halogens is 1. The van der Waals surface area contributed by atoms with Gasteiger partial charge in [0.25, 0.3) is 0 Å². The van der Waals surface area contributed by atoms with Gasteiger partial charge in [-0.2, -0.15) is 0 Å². The molecule has 0 saturated carbocycles. The van der Waals surface area contributed by atoms with E-state index in [0.29, 0.717) is 6.54 Å². The Labute approximate surface area is 140 Å². The molecule has 2 rings (SSSR count). The summed E-state index contributed by atoms with van der Waals surface area (Å²) in [6.45, 7) is 6.29. The van der Waals surface area contributed by atoms with Crippen LogP contribution in [0.1, 0.15) is 22.5 Å². The molecule has 0 aromatic carbocycles. The van der Waals surface area contributed by atoms with E-state index < -0.39 is 0 Å². The van der Waals surface area contributed by atoms with Gasteiger partial charge in [0.15, 0.2) is 5.96 Å². The number of nitrogens with one attached hydrogen (secondary N) is 1. The molecule has 0 radical (unpaired) electrons. The Morgan fingerprint density at radius 2 is 2.32 bits per heavy atom. The summed E-state index contributed by atoms with van der Waals surface area (Å²) < 4.78 is 2.03. The van der Waals surface area contributed by atoms with Gasteiger partial charge in [0, 0.05) is 43.6 Å². The molecule has 0 aliphatic carbocycles. The van der Waals surface area contributed by atoms with Gasteiger partial charge in [0.05, 0.1) is 18.1 Å². The first-order chi connectivity index (χ1) is 10.5. The SMILES string of the molecule is CCNC(=NCc1ncc(C)s1)N(C)Cc1cc(Cl)cn1C. The molecule has 0 spiro atoms. The molecular formula is C15H22ClN5S. The molecule has 0 bridgehead atoms. The fourth-order valence-corrected chi connectivity index (χ4v) is 3.11. The minimum atomic E-state index is 0.596. The fraction of sp³-hybridized carbons (Fsp3) is 0.467. The fourth-order valence-electron chi connectivity index (χ4n) is 2.13. The summed E-state index contributed by atoms with van der Waals surface area (Å²) in [6.07, 6.45) is 3.80. The Kier molecular flexibility index (Phi) is 5.85. The third kappa shape index (κ3) is 4.48. The number of aromatic nitrogens is 2. The molecule has 0 aliphatic heterocycles. The van der Waals surface area contributed by atoms with Crippen molar-refractivity contribution in [3.05, 3.63) is 39.1 Å². The van der Waals surface area contributed by atoms with Crippen LogP contribution in [0.5, 0.6) is 0 Å². The van der Waals surface area contributed by atoms with Crippen molar-refractivity contribution in [3.63, 3.8) is 0 Å². The molecule has 0 saturated heterocycles. The molecule has 2 aromatic heterocycles. The summed E-state index contributed by atoms with van der Waals surface area (Å²) >= 11 is 7.72. The first kappa shape index (κ1) is 16.8. The normalized spacial score (nSPS) is 11.8. The average molecular weight is 340 g/mol. The molecule has 2 heterocycles. The third-order valence-corrected chi connectivity index (χ3v) is 4.31. The second kappa shape index (κ2) is 7.65. The molecule has 0 unspecified atom stereocenters. The van der Waals surface area contributed by atoms with E-state index in [1.165, 1.54) is 4.88 Å². The van der Waals surface area contributed by atoms with Crippen molar-refractivity contribution in [2.45, 2.75) is 26.9 Å². The number of rotatable bonds is 5. The number of aliphatic imine (C=N–C) groups is 1. The highest BCUT2D eigenvalue weighted by Gasteiger charge is 2.10. The molecule has 5 nitrogen and oxygen atoms in total. The van der Waals surface area contributed by atoms with E-state index >= 15 is 0 Å². The Morgan fingerprint density at radius 1 is 1.55 bits per heavy atom. The van der Waals surface area contributed by atoms with Crippen LogP contribution in [0, 0.1) is 6.92 Å². The molecule has 0 fully saturated rings. The number of nitrogens with zero attached hydrogens (tertiary/aromatic N) is 4. The summed E-state index contributed by atoms with van der Waals surface area (Å²) in [4.78, 5) is 12.3. The van der Waals surface area contributed by atoms with E-state index in [9.17, 15) is 0 Å². The highest BCUT2D eigenvalue weighted by molar-refractivity contribution is 7.11. The van der Waals surface area contributed by atoms with E-state index in [1.807, 2.05) is 37.1 Å². The Bertz CT molecular complexity index is 646. The quantitative estimate of drug-likeness (QED) is 0.672. The van der Waals surface area contributed by atoms with Crippen LogP contribution in [0.15, 0.2) is 23.5 Å². The van der Waals surface area contributed by atoms with Gasteiger partial charge in [-0.25, -0.2) is 9.98 Å². The van der Waals surface area contributed by atoms with Crippen molar-refractivity contribution in [1.82, 2.24) is 19.8 Å². The van der Waals surface area contributed by atoms with Gasteiger partial charge in [-0.05, 0) is 19.9 Å². The van der Waals surface area contributed by atoms with Crippen LogP contribution in [0.3, 0.4) is 0 Å². The lowest BCUT2D eigenvalue weighted by Crippen LogP contribution is -2.38. The molecule has 22 heavy (non-hydrogen) atoms. The van der Waals surface area contributed by atoms with Crippen LogP contribution < -0.4 is 5.32 Å². The zero-order valence-corrected chi connectivity index (χ0v) is 15.0. The molecule has 2 aromatic rings. The summed E-state index contributed by atoms with van der Waals surface area (Å²) in [5.41, 5.74) is 1.14. The van der Waals surface area contributed by atoms with Crippen LogP contribution in [0.2, 0.25) is 5.02 Å². The smallest absolute Gasteiger partial charge is 0.194 e. The molecule has 1 N–H and O–H groups in total. The standard InChI is InChI=1S/C15H22ClN5S/c1-5-17-15(19-8-14-18-7-11(2)22-14)21(4)10-13-6-12(16)9-20(13)3/h6-7,9H,5,8,10H2,1-4H3,(H,17,19). The van der Waals surface area contributed by atoms with Crippen LogP contribution in [0.25, 0.3) is 0 Å². The summed E-state index contributed by atoms with van der Waals surface area (Å²) in [7, 11) is 4.02. The van der Waals surface area contributed by atoms with Crippen LogP contribution in [-0.4, -0.2) is 34.0 Å². The second-order valence-corrected chi connectivity index (χ2v) is 6.91. The minimum absolute atomic E-state index is 0.596. The summed E-state index contributed by atoms with van der Waals surface area (Å²) in [5, 5.41) is 5.10. The van der Waals surface area contributed by atoms with Crippen molar-refractivity contribution < 1.29 is 0 Å². The minimum Gasteiger partial charge on any atom is -0.357 e. The van der Waals surface area contributed by atoms with Gasteiger partial charge in [-0.15, -0.1) is 11.3 Å². The van der Waals surface area contributed by atoms with E-state index in [4.69, 9.17) is 11.6 Å². The topological polar surface area (TPSA) is 45.5 Å². The first-order valence-corrected chi connectivity index (χ1v) is 8.40. The van der Waals surface area contributed by atoms with Gasteiger partial charge in [0.2, 0.25) is 0 Å². The molecule has 0 atom stereocenters. The van der Waals surface area contributed by atoms with Crippen molar-refractivity contribution in [3.8, 4) is 0 Å².